The SMILES string of the molecule is CON=C1C[C@@H](C)O[C@@H](O[C@@H]2[C@@H](C)[C@H](O[C@H]3C[C@@](C)(O)C(O)[C@H](C)O3)C(C)C(=O)O[C@H](C(C)COC3OC(C)[C@@H](O)[C@@H](OC)[C@H]3OC)[C@H](C)[C@@H](OC(=O)CC(C)C)[C@@H](C)C(=O)[C@@](C)(OC(=O)NC(C)(C)CN[S+]([O-])c3cn[nH]c3[N+](=O)[O-])C[C@@H]2C)[C@@H]1O. The van der Waals surface area contributed by atoms with Crippen LogP contribution in [-0.4, -0.2) is 213 Å². The number of nitro groups is 1. The Bertz CT molecular complexity index is 2470. The molecule has 1 aromatic heterocycles. The molecule has 24 atom stereocenters. The number of carbonyl (C=O) groups excluding carboxylic acids is 4. The molecule has 0 spiro atoms. The number of H-pyrrole nitrogens is 1. The van der Waals surface area contributed by atoms with E-state index in [1.54, 1.807) is 83.1 Å². The standard InChI is InChI=1S/C57H96N6O23S/c1-26(2)19-38(64)82-44-31(7)43(28(4)24-78-53-47(76-17)46(75-16)40(65)34(10)81-53)84-51(69)33(9)45(83-39-22-56(14,71)49(68)35(11)80-39)30(6)42(85-52-41(66)36(62-77-18)20-29(5)79-52)27(3)21-57(15,48(67)32(44)8)86-54(70)60-55(12,13)25-59-87(74)37-23-58-61-50(37)63(72)73/h23,26-35,39-47,49,52-53,59,65-66,68,71H,19-22,24-25H2,1-18H3,(H,58,61)(H,60,70)/t27-,28?,29+,30+,31-,32+,33?,34?,35-,39-,40+,41+,42-,43+,44+,45-,46+,47+,49?,52-,53?,56+,57-,87?/m0/s1. The molecule has 4 saturated heterocycles. The number of hydrogen-bond donors (Lipinski definition) is 7. The van der Waals surface area contributed by atoms with Crippen LogP contribution < -0.4 is 10.0 Å². The van der Waals surface area contributed by atoms with Crippen LogP contribution in [0.2, 0.25) is 0 Å². The second kappa shape index (κ2) is 31.2. The molecule has 29 nitrogen and oxygen atoms in total. The van der Waals surface area contributed by atoms with E-state index in [4.69, 9.17) is 56.9 Å². The van der Waals surface area contributed by atoms with E-state index in [2.05, 4.69) is 25.4 Å². The van der Waals surface area contributed by atoms with E-state index in [-0.39, 0.29) is 55.4 Å². The van der Waals surface area contributed by atoms with Crippen molar-refractivity contribution in [2.24, 2.45) is 46.6 Å². The summed E-state index contributed by atoms with van der Waals surface area (Å²) in [5.41, 5.74) is -5.10. The zero-order valence-electron chi connectivity index (χ0n) is 53.3. The lowest BCUT2D eigenvalue weighted by Crippen LogP contribution is -2.59. The largest absolute Gasteiger partial charge is 0.593 e. The van der Waals surface area contributed by atoms with Crippen LogP contribution in [0.4, 0.5) is 10.6 Å². The summed E-state index contributed by atoms with van der Waals surface area (Å²) in [5.74, 6) is -9.61. The molecule has 0 aliphatic carbocycles. The summed E-state index contributed by atoms with van der Waals surface area (Å²) in [4.78, 5) is 75.7. The minimum atomic E-state index is -2.20. The highest BCUT2D eigenvalue weighted by Crippen LogP contribution is 2.41. The van der Waals surface area contributed by atoms with Crippen molar-refractivity contribution in [2.45, 2.75) is 243 Å². The molecule has 87 heavy (non-hydrogen) atoms. The second-order valence-corrected chi connectivity index (χ2v) is 26.7. The average Bonchev–Trinajstić information content (AvgIpc) is 2.14. The highest BCUT2D eigenvalue weighted by molar-refractivity contribution is 7.89. The summed E-state index contributed by atoms with van der Waals surface area (Å²) in [6.45, 7) is 23.7. The quantitative estimate of drug-likeness (QED) is 0.0304. The second-order valence-electron chi connectivity index (χ2n) is 25.5. The molecule has 0 radical (unpaired) electrons. The van der Waals surface area contributed by atoms with E-state index in [0.717, 1.165) is 6.20 Å². The Hall–Kier alpha value is -4.25. The number of aromatic nitrogens is 2. The fourth-order valence-corrected chi connectivity index (χ4v) is 13.2. The number of nitrogens with one attached hydrogen (secondary N) is 3. The van der Waals surface area contributed by atoms with Crippen molar-refractivity contribution in [2.75, 3.05) is 34.5 Å². The number of hydrogen-bond acceptors (Lipinski definition) is 26. The number of ketones is 1. The first-order valence-corrected chi connectivity index (χ1v) is 30.8. The van der Waals surface area contributed by atoms with E-state index < -0.39 is 190 Å². The van der Waals surface area contributed by atoms with E-state index in [1.807, 2.05) is 0 Å². The van der Waals surface area contributed by atoms with Crippen molar-refractivity contribution in [1.82, 2.24) is 20.2 Å². The van der Waals surface area contributed by atoms with Crippen LogP contribution in [0.5, 0.6) is 0 Å². The fourth-order valence-electron chi connectivity index (χ4n) is 12.1. The Labute approximate surface area is 512 Å². The lowest BCUT2D eigenvalue weighted by atomic mass is 9.74. The van der Waals surface area contributed by atoms with Gasteiger partial charge in [0.2, 0.25) is 0 Å². The maximum absolute atomic E-state index is 16.0. The number of esters is 2. The van der Waals surface area contributed by atoms with Crippen molar-refractivity contribution >= 4 is 46.7 Å². The van der Waals surface area contributed by atoms with Crippen molar-refractivity contribution in [3.63, 3.8) is 0 Å². The number of oxime groups is 1. The smallest absolute Gasteiger partial charge is 0.408 e. The summed E-state index contributed by atoms with van der Waals surface area (Å²) in [7, 11) is 4.13. The van der Waals surface area contributed by atoms with Crippen molar-refractivity contribution < 1.29 is 106 Å². The Balaban J connectivity index is 1.70. The molecule has 7 N–H and O–H groups in total. The number of rotatable bonds is 21. The van der Waals surface area contributed by atoms with Gasteiger partial charge in [-0.3, -0.25) is 14.4 Å². The Morgan fingerprint density at radius 1 is 0.897 bits per heavy atom. The Morgan fingerprint density at radius 3 is 2.15 bits per heavy atom. The van der Waals surface area contributed by atoms with Crippen molar-refractivity contribution in [3.05, 3.63) is 16.3 Å². The Morgan fingerprint density at radius 2 is 1.55 bits per heavy atom. The molecule has 0 saturated carbocycles. The minimum Gasteiger partial charge on any atom is -0.593 e. The predicted octanol–water partition coefficient (Wildman–Crippen LogP) is 3.52. The first-order valence-electron chi connectivity index (χ1n) is 29.6. The van der Waals surface area contributed by atoms with Crippen LogP contribution in [-0.2, 0) is 82.7 Å². The van der Waals surface area contributed by atoms with Gasteiger partial charge in [-0.05, 0) is 78.6 Å². The third kappa shape index (κ3) is 18.5. The van der Waals surface area contributed by atoms with Gasteiger partial charge in [0, 0.05) is 51.2 Å². The van der Waals surface area contributed by atoms with Crippen LogP contribution in [0, 0.1) is 51.5 Å². The molecule has 498 valence electrons. The van der Waals surface area contributed by atoms with Crippen molar-refractivity contribution in [3.8, 4) is 0 Å². The van der Waals surface area contributed by atoms with E-state index in [9.17, 15) is 44.7 Å². The number of aliphatic hydroxyl groups excluding tert-OH is 3. The highest BCUT2D eigenvalue weighted by Gasteiger charge is 2.54. The number of aliphatic hydroxyl groups is 4. The number of ether oxygens (including phenoxy) is 11. The van der Waals surface area contributed by atoms with Gasteiger partial charge in [0.25, 0.3) is 4.90 Å². The average molecular weight is 1270 g/mol. The first-order chi connectivity index (χ1) is 40.5. The minimum absolute atomic E-state index is 0.0896. The molecule has 5 heterocycles. The Kier molecular flexibility index (Phi) is 26.3. The molecule has 4 aliphatic heterocycles. The predicted molar refractivity (Wildman–Crippen MR) is 308 cm³/mol. The lowest BCUT2D eigenvalue weighted by Gasteiger charge is -2.46. The summed E-state index contributed by atoms with van der Waals surface area (Å²) in [6, 6.07) is 0. The molecule has 30 heteroatoms. The maximum atomic E-state index is 16.0. The molecular formula is C57H96N6O23S. The number of cyclic esters (lactones) is 1. The van der Waals surface area contributed by atoms with Gasteiger partial charge < -0.3 is 97.4 Å². The van der Waals surface area contributed by atoms with Gasteiger partial charge in [-0.15, -0.1) is 9.82 Å². The number of carbonyl (C=O) groups is 4. The molecular weight excluding hydrogens is 1170 g/mol. The van der Waals surface area contributed by atoms with Crippen LogP contribution in [0.25, 0.3) is 0 Å². The topological polar surface area (TPSA) is 391 Å². The highest BCUT2D eigenvalue weighted by atomic mass is 32.2. The number of aromatic amines is 1. The van der Waals surface area contributed by atoms with Crippen LogP contribution in [0.15, 0.2) is 16.2 Å². The molecule has 0 aromatic carbocycles. The molecule has 6 unspecified atom stereocenters. The number of Topliss-reactive ketones (excluding diaryl/α,β-unsaturated/α-hetero) is 1. The zero-order valence-corrected chi connectivity index (χ0v) is 54.1. The van der Waals surface area contributed by atoms with E-state index >= 15 is 9.59 Å². The number of amides is 1. The summed E-state index contributed by atoms with van der Waals surface area (Å²) in [5, 5.41) is 69.5. The van der Waals surface area contributed by atoms with Crippen LogP contribution in [0.1, 0.15) is 130 Å². The maximum Gasteiger partial charge on any atom is 0.408 e. The first kappa shape index (κ1) is 73.5. The van der Waals surface area contributed by atoms with E-state index in [1.165, 1.54) is 42.1 Å². The van der Waals surface area contributed by atoms with E-state index in [0.29, 0.717) is 0 Å². The fraction of sp³-hybridized carbons (Fsp3) is 0.860. The van der Waals surface area contributed by atoms with Gasteiger partial charge in [0.05, 0.1) is 83.7 Å². The summed E-state index contributed by atoms with van der Waals surface area (Å²) in [6.07, 6.45) is -17.9. The summed E-state index contributed by atoms with van der Waals surface area (Å²) < 4.78 is 85.3. The molecule has 0 bridgehead atoms. The molecule has 1 amide bonds. The normalized spacial score (nSPS) is 38.9. The third-order valence-corrected chi connectivity index (χ3v) is 17.9. The molecule has 5 rings (SSSR count). The van der Waals surface area contributed by atoms with Gasteiger partial charge in [-0.25, -0.2) is 4.79 Å². The van der Waals surface area contributed by atoms with Gasteiger partial charge in [0.15, 0.2) is 30.3 Å². The summed E-state index contributed by atoms with van der Waals surface area (Å²) >= 11 is -2.20. The third-order valence-electron chi connectivity index (χ3n) is 16.8. The van der Waals surface area contributed by atoms with Gasteiger partial charge >= 0.3 is 23.8 Å². The molecule has 1 aromatic rings. The van der Waals surface area contributed by atoms with Gasteiger partial charge in [-0.1, -0.05) is 58.7 Å². The van der Waals surface area contributed by atoms with Crippen LogP contribution in [0.3, 0.4) is 0 Å². The number of alkyl carbamates (subject to hydrolysis) is 1. The van der Waals surface area contributed by atoms with Crippen LogP contribution >= 0.6 is 0 Å². The van der Waals surface area contributed by atoms with Gasteiger partial charge in [-0.2, -0.15) is 0 Å². The lowest BCUT2D eigenvalue weighted by molar-refractivity contribution is -0.392. The van der Waals surface area contributed by atoms with Crippen molar-refractivity contribution in [1.29, 1.82) is 0 Å². The zero-order chi connectivity index (χ0) is 65.4. The molecule has 4 aliphatic rings. The number of nitrogens with zero attached hydrogens (tertiary/aromatic N) is 3. The monoisotopic (exact) mass is 1260 g/mol. The number of methoxy groups -OCH3 is 2. The molecule has 4 fully saturated rings. The van der Waals surface area contributed by atoms with Gasteiger partial charge in [0.1, 0.15) is 56.0 Å².